The largest absolute Gasteiger partial charge is 0.435 e. The molecule has 9 heteroatoms. The highest BCUT2D eigenvalue weighted by atomic mass is 19.4. The molecule has 6 nitrogen and oxygen atoms in total. The number of halogens is 3. The summed E-state index contributed by atoms with van der Waals surface area (Å²) in [6.45, 7) is 0. The van der Waals surface area contributed by atoms with Crippen LogP contribution in [0.25, 0.3) is 11.3 Å². The molecule has 2 aromatic rings. The third-order valence-corrected chi connectivity index (χ3v) is 4.89. The van der Waals surface area contributed by atoms with Gasteiger partial charge in [-0.25, -0.2) is 4.98 Å². The molecule has 1 saturated carbocycles. The topological polar surface area (TPSA) is 85.8 Å². The Kier molecular flexibility index (Phi) is 5.38. The Morgan fingerprint density at radius 1 is 1.33 bits per heavy atom. The van der Waals surface area contributed by atoms with Crippen molar-refractivity contribution in [3.8, 4) is 11.3 Å². The number of alkyl halides is 3. The average Bonchev–Trinajstić information content (AvgIpc) is 3.22. The van der Waals surface area contributed by atoms with Crippen molar-refractivity contribution in [1.29, 1.82) is 0 Å². The van der Waals surface area contributed by atoms with Crippen LogP contribution >= 0.6 is 0 Å². The molecule has 1 amide bonds. The minimum atomic E-state index is -4.54. The maximum Gasteiger partial charge on any atom is 0.435 e. The number of anilines is 2. The predicted octanol–water partition coefficient (Wildman–Crippen LogP) is 3.99. The van der Waals surface area contributed by atoms with E-state index >= 15 is 0 Å². The molecule has 0 aliphatic heterocycles. The van der Waals surface area contributed by atoms with Gasteiger partial charge in [0.15, 0.2) is 5.69 Å². The quantitative estimate of drug-likeness (QED) is 0.820. The second kappa shape index (κ2) is 7.58. The number of nitrogens with two attached hydrogens (primary N) is 1. The van der Waals surface area contributed by atoms with Crippen molar-refractivity contribution in [1.82, 2.24) is 14.8 Å². The summed E-state index contributed by atoms with van der Waals surface area (Å²) in [5.74, 6) is 0.788. The lowest BCUT2D eigenvalue weighted by molar-refractivity contribution is -0.141. The zero-order valence-corrected chi connectivity index (χ0v) is 15.0. The number of nitrogen functional groups attached to an aromatic ring is 1. The average molecular weight is 381 g/mol. The molecule has 1 fully saturated rings. The molecule has 27 heavy (non-hydrogen) atoms. The van der Waals surface area contributed by atoms with E-state index in [1.165, 1.54) is 44.9 Å². The first-order valence-electron chi connectivity index (χ1n) is 8.92. The Bertz CT molecular complexity index is 825. The van der Waals surface area contributed by atoms with Gasteiger partial charge in [-0.15, -0.1) is 0 Å². The van der Waals surface area contributed by atoms with E-state index in [4.69, 9.17) is 5.73 Å². The number of carbonyl (C=O) groups excluding carboxylic acids is 1. The van der Waals surface area contributed by atoms with Gasteiger partial charge < -0.3 is 11.1 Å². The number of hydrogen-bond acceptors (Lipinski definition) is 4. The molecule has 3 rings (SSSR count). The summed E-state index contributed by atoms with van der Waals surface area (Å²) in [7, 11) is 1.41. The molecule has 0 radical (unpaired) electrons. The summed E-state index contributed by atoms with van der Waals surface area (Å²) in [6, 6.07) is 3.98. The summed E-state index contributed by atoms with van der Waals surface area (Å²) in [5.41, 5.74) is 5.43. The highest BCUT2D eigenvalue weighted by Gasteiger charge is 2.35. The van der Waals surface area contributed by atoms with Crippen LogP contribution < -0.4 is 11.1 Å². The normalized spacial score (nSPS) is 15.3. The Morgan fingerprint density at radius 2 is 2.04 bits per heavy atom. The maximum absolute atomic E-state index is 12.8. The summed E-state index contributed by atoms with van der Waals surface area (Å²) in [6.07, 6.45) is 1.56. The second-order valence-corrected chi connectivity index (χ2v) is 6.90. The molecule has 0 spiro atoms. The second-order valence-electron chi connectivity index (χ2n) is 6.90. The minimum Gasteiger partial charge on any atom is -0.383 e. The van der Waals surface area contributed by atoms with Crippen LogP contribution in [0, 0.1) is 5.92 Å². The van der Waals surface area contributed by atoms with E-state index in [0.717, 1.165) is 17.2 Å². The smallest absolute Gasteiger partial charge is 0.383 e. The number of amides is 1. The van der Waals surface area contributed by atoms with Crippen molar-refractivity contribution in [3.05, 3.63) is 23.9 Å². The zero-order valence-electron chi connectivity index (χ0n) is 15.0. The number of aromatic nitrogens is 3. The first-order chi connectivity index (χ1) is 12.7. The Labute approximate surface area is 155 Å². The highest BCUT2D eigenvalue weighted by molar-refractivity contribution is 5.90. The van der Waals surface area contributed by atoms with Gasteiger partial charge in [0.2, 0.25) is 5.91 Å². The molecule has 0 atom stereocenters. The number of carbonyl (C=O) groups is 1. The molecule has 1 aliphatic rings. The van der Waals surface area contributed by atoms with Gasteiger partial charge in [-0.1, -0.05) is 25.7 Å². The fraction of sp³-hybridized carbons (Fsp3) is 0.500. The molecule has 2 heterocycles. The molecule has 0 saturated heterocycles. The highest BCUT2D eigenvalue weighted by Crippen LogP contribution is 2.33. The van der Waals surface area contributed by atoms with E-state index in [9.17, 15) is 18.0 Å². The third-order valence-electron chi connectivity index (χ3n) is 4.89. The van der Waals surface area contributed by atoms with E-state index in [-0.39, 0.29) is 23.2 Å². The van der Waals surface area contributed by atoms with Gasteiger partial charge in [0.1, 0.15) is 11.6 Å². The lowest BCUT2D eigenvalue weighted by Crippen LogP contribution is -2.14. The SMILES string of the molecule is Cn1nc(C(F)(F)F)cc1-c1ccc(NC(=O)CCC2CCCC2)nc1N. The van der Waals surface area contributed by atoms with Crippen LogP contribution in [0.4, 0.5) is 24.8 Å². The number of pyridine rings is 1. The van der Waals surface area contributed by atoms with Crippen LogP contribution in [0.15, 0.2) is 18.2 Å². The molecule has 2 aromatic heterocycles. The van der Waals surface area contributed by atoms with E-state index in [1.807, 2.05) is 0 Å². The van der Waals surface area contributed by atoms with Crippen LogP contribution in [-0.2, 0) is 18.0 Å². The van der Waals surface area contributed by atoms with Crippen LogP contribution in [0.1, 0.15) is 44.2 Å². The van der Waals surface area contributed by atoms with Crippen molar-refractivity contribution in [2.24, 2.45) is 13.0 Å². The van der Waals surface area contributed by atoms with Gasteiger partial charge in [0.05, 0.1) is 5.69 Å². The standard InChI is InChI=1S/C18H22F3N5O/c1-26-13(10-14(25-26)18(19,20)21)12-7-8-15(24-17(12)22)23-16(27)9-6-11-4-2-3-5-11/h7-8,10-11H,2-6,9H2,1H3,(H3,22,23,24,27). The minimum absolute atomic E-state index is 0.0281. The van der Waals surface area contributed by atoms with Crippen LogP contribution in [0.5, 0.6) is 0 Å². The molecular formula is C18H22F3N5O. The zero-order chi connectivity index (χ0) is 19.6. The van der Waals surface area contributed by atoms with Crippen molar-refractivity contribution in [2.75, 3.05) is 11.1 Å². The number of aryl methyl sites for hydroxylation is 1. The molecule has 0 bridgehead atoms. The van der Waals surface area contributed by atoms with Gasteiger partial charge in [-0.05, 0) is 30.5 Å². The van der Waals surface area contributed by atoms with Crippen molar-refractivity contribution < 1.29 is 18.0 Å². The number of hydrogen-bond donors (Lipinski definition) is 2. The fourth-order valence-corrected chi connectivity index (χ4v) is 3.46. The summed E-state index contributed by atoms with van der Waals surface area (Å²) < 4.78 is 39.6. The number of nitrogens with zero attached hydrogens (tertiary/aromatic N) is 3. The van der Waals surface area contributed by atoms with Crippen LogP contribution in [-0.4, -0.2) is 20.7 Å². The Morgan fingerprint density at radius 3 is 2.63 bits per heavy atom. The number of rotatable bonds is 5. The van der Waals surface area contributed by atoms with Crippen molar-refractivity contribution >= 4 is 17.5 Å². The van der Waals surface area contributed by atoms with E-state index in [1.54, 1.807) is 0 Å². The number of nitrogens with one attached hydrogen (secondary N) is 1. The van der Waals surface area contributed by atoms with Gasteiger partial charge in [0, 0.05) is 19.0 Å². The predicted molar refractivity (Wildman–Crippen MR) is 95.7 cm³/mol. The first-order valence-corrected chi connectivity index (χ1v) is 8.92. The summed E-state index contributed by atoms with van der Waals surface area (Å²) >= 11 is 0. The van der Waals surface area contributed by atoms with Gasteiger partial charge >= 0.3 is 6.18 Å². The van der Waals surface area contributed by atoms with Crippen LogP contribution in [0.3, 0.4) is 0 Å². The van der Waals surface area contributed by atoms with Gasteiger partial charge in [0.25, 0.3) is 0 Å². The monoisotopic (exact) mass is 381 g/mol. The van der Waals surface area contributed by atoms with E-state index in [0.29, 0.717) is 17.9 Å². The molecule has 0 aromatic carbocycles. The van der Waals surface area contributed by atoms with E-state index in [2.05, 4.69) is 15.4 Å². The molecule has 3 N–H and O–H groups in total. The van der Waals surface area contributed by atoms with Crippen molar-refractivity contribution in [2.45, 2.75) is 44.7 Å². The maximum atomic E-state index is 12.8. The molecule has 146 valence electrons. The molecule has 0 unspecified atom stereocenters. The Hall–Kier alpha value is -2.58. The van der Waals surface area contributed by atoms with Gasteiger partial charge in [-0.2, -0.15) is 18.3 Å². The molecule has 1 aliphatic carbocycles. The third kappa shape index (κ3) is 4.58. The van der Waals surface area contributed by atoms with Gasteiger partial charge in [-0.3, -0.25) is 9.48 Å². The Balaban J connectivity index is 1.68. The fourth-order valence-electron chi connectivity index (χ4n) is 3.46. The lowest BCUT2D eigenvalue weighted by Gasteiger charge is -2.10. The summed E-state index contributed by atoms with van der Waals surface area (Å²) in [5, 5.41) is 6.17. The molecular weight excluding hydrogens is 359 g/mol. The lowest BCUT2D eigenvalue weighted by atomic mass is 10.0. The van der Waals surface area contributed by atoms with Crippen LogP contribution in [0.2, 0.25) is 0 Å². The summed E-state index contributed by atoms with van der Waals surface area (Å²) in [4.78, 5) is 16.2. The first kappa shape index (κ1) is 19.2. The van der Waals surface area contributed by atoms with Crippen molar-refractivity contribution in [3.63, 3.8) is 0 Å². The van der Waals surface area contributed by atoms with E-state index < -0.39 is 11.9 Å².